The van der Waals surface area contributed by atoms with Crippen molar-refractivity contribution in [1.82, 2.24) is 0 Å². The molecular formula is C16H15ClN2O. The molecule has 0 fully saturated rings. The molecule has 1 heterocycles. The fourth-order valence-corrected chi connectivity index (χ4v) is 2.69. The summed E-state index contributed by atoms with van der Waals surface area (Å²) in [4.78, 5) is 16.4. The Kier molecular flexibility index (Phi) is 3.36. The van der Waals surface area contributed by atoms with Crippen molar-refractivity contribution in [2.24, 2.45) is 0 Å². The second-order valence-electron chi connectivity index (χ2n) is 4.87. The summed E-state index contributed by atoms with van der Waals surface area (Å²) in [5, 5.41) is 0.630. The Labute approximate surface area is 123 Å². The third-order valence-electron chi connectivity index (χ3n) is 3.51. The van der Waals surface area contributed by atoms with Gasteiger partial charge in [-0.05, 0) is 30.3 Å². The van der Waals surface area contributed by atoms with E-state index in [0.29, 0.717) is 18.0 Å². The summed E-state index contributed by atoms with van der Waals surface area (Å²) in [7, 11) is 2.01. The first kappa shape index (κ1) is 13.0. The molecule has 0 aliphatic carbocycles. The maximum atomic E-state index is 12.5. The molecule has 20 heavy (non-hydrogen) atoms. The zero-order valence-electron chi connectivity index (χ0n) is 11.2. The first-order chi connectivity index (χ1) is 9.66. The zero-order chi connectivity index (χ0) is 14.1. The summed E-state index contributed by atoms with van der Waals surface area (Å²) in [6, 6.07) is 15.3. The highest BCUT2D eigenvalue weighted by Crippen LogP contribution is 2.37. The quantitative estimate of drug-likeness (QED) is 0.795. The number of benzene rings is 2. The third-order valence-corrected chi connectivity index (χ3v) is 3.75. The van der Waals surface area contributed by atoms with E-state index in [2.05, 4.69) is 4.90 Å². The molecule has 0 radical (unpaired) electrons. The molecule has 0 saturated carbocycles. The average molecular weight is 287 g/mol. The van der Waals surface area contributed by atoms with Crippen molar-refractivity contribution in [3.8, 4) is 0 Å². The number of rotatable bonds is 1. The number of halogens is 1. The lowest BCUT2D eigenvalue weighted by atomic mass is 10.2. The average Bonchev–Trinajstić information content (AvgIpc) is 2.57. The molecule has 3 rings (SSSR count). The van der Waals surface area contributed by atoms with E-state index >= 15 is 0 Å². The molecule has 0 unspecified atom stereocenters. The number of fused-ring (bicyclic) bond motifs is 1. The zero-order valence-corrected chi connectivity index (χ0v) is 12.0. The minimum Gasteiger partial charge on any atom is -0.372 e. The summed E-state index contributed by atoms with van der Waals surface area (Å²) in [5.41, 5.74) is 2.77. The van der Waals surface area contributed by atoms with Crippen LogP contribution < -0.4 is 9.80 Å². The van der Waals surface area contributed by atoms with Crippen LogP contribution >= 0.6 is 11.6 Å². The highest BCUT2D eigenvalue weighted by molar-refractivity contribution is 6.31. The molecule has 102 valence electrons. The number of carbonyl (C=O) groups is 1. The topological polar surface area (TPSA) is 23.6 Å². The molecule has 0 saturated heterocycles. The molecule has 0 atom stereocenters. The van der Waals surface area contributed by atoms with Gasteiger partial charge in [-0.25, -0.2) is 0 Å². The van der Waals surface area contributed by atoms with Gasteiger partial charge in [-0.15, -0.1) is 0 Å². The van der Waals surface area contributed by atoms with E-state index in [0.717, 1.165) is 17.1 Å². The van der Waals surface area contributed by atoms with E-state index in [-0.39, 0.29) is 5.91 Å². The van der Waals surface area contributed by atoms with Gasteiger partial charge in [-0.2, -0.15) is 0 Å². The second-order valence-corrected chi connectivity index (χ2v) is 5.31. The van der Waals surface area contributed by atoms with Crippen molar-refractivity contribution < 1.29 is 4.79 Å². The van der Waals surface area contributed by atoms with Crippen LogP contribution in [0.1, 0.15) is 6.42 Å². The number of para-hydroxylation sites is 2. The van der Waals surface area contributed by atoms with Crippen LogP contribution in [0, 0.1) is 0 Å². The lowest BCUT2D eigenvalue weighted by molar-refractivity contribution is -0.117. The fraction of sp³-hybridized carbons (Fsp3) is 0.188. The van der Waals surface area contributed by atoms with E-state index in [4.69, 9.17) is 11.6 Å². The molecule has 4 heteroatoms. The Hall–Kier alpha value is -2.00. The van der Waals surface area contributed by atoms with E-state index < -0.39 is 0 Å². The van der Waals surface area contributed by atoms with Crippen molar-refractivity contribution in [3.05, 3.63) is 53.6 Å². The number of carbonyl (C=O) groups excluding carboxylic acids is 1. The highest BCUT2D eigenvalue weighted by Gasteiger charge is 2.25. The largest absolute Gasteiger partial charge is 0.372 e. The van der Waals surface area contributed by atoms with Gasteiger partial charge in [0.05, 0.1) is 17.1 Å². The molecule has 0 spiro atoms. The molecule has 0 N–H and O–H groups in total. The Morgan fingerprint density at radius 1 is 1.05 bits per heavy atom. The first-order valence-electron chi connectivity index (χ1n) is 6.55. The van der Waals surface area contributed by atoms with Gasteiger partial charge in [-0.3, -0.25) is 9.69 Å². The molecule has 0 bridgehead atoms. The van der Waals surface area contributed by atoms with Gasteiger partial charge >= 0.3 is 0 Å². The van der Waals surface area contributed by atoms with Crippen LogP contribution in [0.2, 0.25) is 5.02 Å². The predicted octanol–water partition coefficient (Wildman–Crippen LogP) is 3.84. The SMILES string of the molecule is CN1CCC(=O)N(c2cccc(Cl)c2)c2ccccc21. The minimum atomic E-state index is 0.0871. The van der Waals surface area contributed by atoms with Crippen molar-refractivity contribution >= 4 is 34.6 Å². The van der Waals surface area contributed by atoms with Crippen LogP contribution in [0.25, 0.3) is 0 Å². The number of hydrogen-bond donors (Lipinski definition) is 0. The summed E-state index contributed by atoms with van der Waals surface area (Å²) < 4.78 is 0. The maximum absolute atomic E-state index is 12.5. The fourth-order valence-electron chi connectivity index (χ4n) is 2.50. The van der Waals surface area contributed by atoms with E-state index in [9.17, 15) is 4.79 Å². The Bertz CT molecular complexity index is 656. The lowest BCUT2D eigenvalue weighted by Crippen LogP contribution is -2.25. The number of hydrogen-bond acceptors (Lipinski definition) is 2. The molecule has 1 aliphatic rings. The Balaban J connectivity index is 2.17. The van der Waals surface area contributed by atoms with Crippen molar-refractivity contribution in [2.45, 2.75) is 6.42 Å². The number of nitrogens with zero attached hydrogens (tertiary/aromatic N) is 2. The summed E-state index contributed by atoms with van der Waals surface area (Å²) in [5.74, 6) is 0.0871. The van der Waals surface area contributed by atoms with Gasteiger partial charge in [-0.1, -0.05) is 29.8 Å². The standard InChI is InChI=1S/C16H15ClN2O/c1-18-10-9-16(20)19(13-6-4-5-12(17)11-13)15-8-3-2-7-14(15)18/h2-8,11H,9-10H2,1H3. The van der Waals surface area contributed by atoms with Gasteiger partial charge in [0.1, 0.15) is 0 Å². The molecule has 1 aliphatic heterocycles. The number of anilines is 3. The van der Waals surface area contributed by atoms with Crippen LogP contribution in [-0.4, -0.2) is 19.5 Å². The molecule has 3 nitrogen and oxygen atoms in total. The molecule has 2 aromatic carbocycles. The third kappa shape index (κ3) is 2.25. The van der Waals surface area contributed by atoms with Crippen molar-refractivity contribution in [2.75, 3.05) is 23.4 Å². The summed E-state index contributed by atoms with van der Waals surface area (Å²) in [6.07, 6.45) is 0.484. The van der Waals surface area contributed by atoms with Crippen LogP contribution in [0.5, 0.6) is 0 Å². The molecule has 2 aromatic rings. The first-order valence-corrected chi connectivity index (χ1v) is 6.93. The van der Waals surface area contributed by atoms with Crippen LogP contribution in [0.3, 0.4) is 0 Å². The van der Waals surface area contributed by atoms with Crippen molar-refractivity contribution in [1.29, 1.82) is 0 Å². The second kappa shape index (κ2) is 5.17. The molecule has 1 amide bonds. The smallest absolute Gasteiger partial charge is 0.233 e. The summed E-state index contributed by atoms with van der Waals surface area (Å²) in [6.45, 7) is 0.715. The lowest BCUT2D eigenvalue weighted by Gasteiger charge is -2.24. The van der Waals surface area contributed by atoms with Gasteiger partial charge in [0.2, 0.25) is 5.91 Å². The predicted molar refractivity (Wildman–Crippen MR) is 82.9 cm³/mol. The van der Waals surface area contributed by atoms with Gasteiger partial charge in [0.25, 0.3) is 0 Å². The van der Waals surface area contributed by atoms with Gasteiger partial charge in [0.15, 0.2) is 0 Å². The molecular weight excluding hydrogens is 272 g/mol. The normalized spacial score (nSPS) is 15.0. The monoisotopic (exact) mass is 286 g/mol. The minimum absolute atomic E-state index is 0.0871. The van der Waals surface area contributed by atoms with Gasteiger partial charge in [0, 0.05) is 25.0 Å². The van der Waals surface area contributed by atoms with Crippen LogP contribution in [0.15, 0.2) is 48.5 Å². The van der Waals surface area contributed by atoms with E-state index in [1.807, 2.05) is 55.6 Å². The van der Waals surface area contributed by atoms with Crippen LogP contribution in [-0.2, 0) is 4.79 Å². The number of amides is 1. The van der Waals surface area contributed by atoms with Gasteiger partial charge < -0.3 is 4.90 Å². The maximum Gasteiger partial charge on any atom is 0.233 e. The molecule has 0 aromatic heterocycles. The van der Waals surface area contributed by atoms with E-state index in [1.54, 1.807) is 4.90 Å². The Morgan fingerprint density at radius 3 is 2.55 bits per heavy atom. The highest BCUT2D eigenvalue weighted by atomic mass is 35.5. The van der Waals surface area contributed by atoms with Crippen molar-refractivity contribution in [3.63, 3.8) is 0 Å². The van der Waals surface area contributed by atoms with Crippen LogP contribution in [0.4, 0.5) is 17.1 Å². The van der Waals surface area contributed by atoms with E-state index in [1.165, 1.54) is 0 Å². The summed E-state index contributed by atoms with van der Waals surface area (Å²) >= 11 is 6.06. The Morgan fingerprint density at radius 2 is 1.80 bits per heavy atom.